The SMILES string of the molecule is CC1(C)c2cc([B]O)oc2-n2c3ccccc3c3cccc1c32. The van der Waals surface area contributed by atoms with E-state index in [-0.39, 0.29) is 5.41 Å². The topological polar surface area (TPSA) is 38.3 Å². The maximum absolute atomic E-state index is 9.40. The zero-order chi connectivity index (χ0) is 15.8. The van der Waals surface area contributed by atoms with Gasteiger partial charge in [-0.1, -0.05) is 50.2 Å². The van der Waals surface area contributed by atoms with Gasteiger partial charge in [0.05, 0.1) is 16.7 Å². The molecule has 4 aromatic rings. The van der Waals surface area contributed by atoms with Gasteiger partial charge in [0, 0.05) is 21.8 Å². The van der Waals surface area contributed by atoms with E-state index in [0.717, 1.165) is 24.4 Å². The van der Waals surface area contributed by atoms with E-state index in [0.29, 0.717) is 5.66 Å². The molecule has 2 aromatic carbocycles. The summed E-state index contributed by atoms with van der Waals surface area (Å²) in [7, 11) is 1.03. The fraction of sp³-hybridized carbons (Fsp3) is 0.158. The molecule has 0 aliphatic carbocycles. The Morgan fingerprint density at radius 3 is 2.61 bits per heavy atom. The fourth-order valence-corrected chi connectivity index (χ4v) is 3.96. The van der Waals surface area contributed by atoms with Gasteiger partial charge in [0.25, 0.3) is 0 Å². The predicted octanol–water partition coefficient (Wildman–Crippen LogP) is 3.25. The molecule has 23 heavy (non-hydrogen) atoms. The predicted molar refractivity (Wildman–Crippen MR) is 92.8 cm³/mol. The van der Waals surface area contributed by atoms with Crippen LogP contribution in [0.2, 0.25) is 0 Å². The Hall–Kier alpha value is -2.46. The van der Waals surface area contributed by atoms with Gasteiger partial charge in [-0.05, 0) is 17.7 Å². The van der Waals surface area contributed by atoms with E-state index in [1.54, 1.807) is 0 Å². The lowest BCUT2D eigenvalue weighted by Crippen LogP contribution is -2.25. The molecule has 0 fully saturated rings. The van der Waals surface area contributed by atoms with Crippen molar-refractivity contribution in [1.82, 2.24) is 4.57 Å². The van der Waals surface area contributed by atoms with Crippen molar-refractivity contribution < 1.29 is 9.44 Å². The van der Waals surface area contributed by atoms with E-state index in [4.69, 9.17) is 4.42 Å². The second-order valence-corrected chi connectivity index (χ2v) is 6.68. The fourth-order valence-electron chi connectivity index (χ4n) is 3.96. The zero-order valence-electron chi connectivity index (χ0n) is 13.0. The number of nitrogens with zero attached hydrogens (tertiary/aromatic N) is 1. The van der Waals surface area contributed by atoms with Gasteiger partial charge in [-0.2, -0.15) is 0 Å². The molecule has 2 aromatic heterocycles. The Labute approximate surface area is 134 Å². The summed E-state index contributed by atoms with van der Waals surface area (Å²) in [6.45, 7) is 4.41. The van der Waals surface area contributed by atoms with E-state index >= 15 is 0 Å². The minimum Gasteiger partial charge on any atom is -0.452 e. The number of rotatable bonds is 1. The summed E-state index contributed by atoms with van der Waals surface area (Å²) in [6.07, 6.45) is 0. The normalized spacial score (nSPS) is 15.1. The molecule has 0 atom stereocenters. The van der Waals surface area contributed by atoms with Gasteiger partial charge in [-0.25, -0.2) is 0 Å². The first-order chi connectivity index (χ1) is 11.1. The lowest BCUT2D eigenvalue weighted by Gasteiger charge is -2.31. The average molecular weight is 300 g/mol. The number of aromatic nitrogens is 1. The molecule has 1 radical (unpaired) electrons. The van der Waals surface area contributed by atoms with E-state index in [1.807, 2.05) is 12.1 Å². The van der Waals surface area contributed by atoms with Gasteiger partial charge >= 0.3 is 7.48 Å². The van der Waals surface area contributed by atoms with Crippen LogP contribution in [0, 0.1) is 0 Å². The molecular weight excluding hydrogens is 285 g/mol. The van der Waals surface area contributed by atoms with Crippen LogP contribution in [0.3, 0.4) is 0 Å². The lowest BCUT2D eigenvalue weighted by atomic mass is 9.76. The third-order valence-corrected chi connectivity index (χ3v) is 5.10. The molecule has 0 amide bonds. The quantitative estimate of drug-likeness (QED) is 0.548. The molecule has 0 unspecified atom stereocenters. The van der Waals surface area contributed by atoms with Crippen molar-refractivity contribution in [3.8, 4) is 5.88 Å². The summed E-state index contributed by atoms with van der Waals surface area (Å²) < 4.78 is 8.15. The van der Waals surface area contributed by atoms with Crippen LogP contribution in [-0.4, -0.2) is 17.1 Å². The van der Waals surface area contributed by atoms with Gasteiger partial charge in [-0.15, -0.1) is 0 Å². The highest BCUT2D eigenvalue weighted by Crippen LogP contribution is 2.47. The van der Waals surface area contributed by atoms with E-state index in [2.05, 4.69) is 54.8 Å². The molecule has 0 saturated heterocycles. The molecule has 0 spiro atoms. The Balaban J connectivity index is 2.08. The Bertz CT molecular complexity index is 1090. The van der Waals surface area contributed by atoms with Gasteiger partial charge in [-0.3, -0.25) is 4.57 Å². The molecule has 3 nitrogen and oxygen atoms in total. The molecular formula is C19H15BNO2. The summed E-state index contributed by atoms with van der Waals surface area (Å²) in [5.41, 5.74) is 5.02. The maximum atomic E-state index is 9.40. The van der Waals surface area contributed by atoms with Crippen molar-refractivity contribution in [3.05, 3.63) is 59.7 Å². The molecule has 0 saturated carbocycles. The summed E-state index contributed by atoms with van der Waals surface area (Å²) >= 11 is 0. The van der Waals surface area contributed by atoms with E-state index in [1.165, 1.54) is 21.9 Å². The second kappa shape index (κ2) is 4.09. The number of furan rings is 1. The standard InChI is InChI=1S/C19H15BNO2/c1-19(2)13-8-5-7-12-11-6-3-4-9-15(11)21(17(12)13)18-14(19)10-16(20-22)23-18/h3-10,22H,1-2H3. The molecule has 4 heteroatoms. The summed E-state index contributed by atoms with van der Waals surface area (Å²) in [4.78, 5) is 0. The monoisotopic (exact) mass is 300 g/mol. The first kappa shape index (κ1) is 13.0. The highest BCUT2D eigenvalue weighted by Gasteiger charge is 2.37. The van der Waals surface area contributed by atoms with Gasteiger partial charge < -0.3 is 9.44 Å². The van der Waals surface area contributed by atoms with Crippen LogP contribution >= 0.6 is 0 Å². The minimum atomic E-state index is -0.177. The minimum absolute atomic E-state index is 0.177. The van der Waals surface area contributed by atoms with Crippen LogP contribution in [0.5, 0.6) is 0 Å². The summed E-state index contributed by atoms with van der Waals surface area (Å²) in [6, 6.07) is 16.8. The second-order valence-electron chi connectivity index (χ2n) is 6.68. The van der Waals surface area contributed by atoms with Gasteiger partial charge in [0.15, 0.2) is 0 Å². The van der Waals surface area contributed by atoms with Crippen molar-refractivity contribution in [1.29, 1.82) is 0 Å². The van der Waals surface area contributed by atoms with Crippen LogP contribution in [0.15, 0.2) is 52.9 Å². The molecule has 1 N–H and O–H groups in total. The molecule has 1 aliphatic heterocycles. The Kier molecular flexibility index (Phi) is 2.32. The third-order valence-electron chi connectivity index (χ3n) is 5.10. The molecule has 0 bridgehead atoms. The van der Waals surface area contributed by atoms with Crippen LogP contribution in [0.1, 0.15) is 25.0 Å². The molecule has 1 aliphatic rings. The largest absolute Gasteiger partial charge is 0.452 e. The molecule has 5 rings (SSSR count). The number of hydrogen-bond donors (Lipinski definition) is 1. The first-order valence-electron chi connectivity index (χ1n) is 7.77. The van der Waals surface area contributed by atoms with Crippen LogP contribution in [0.25, 0.3) is 27.7 Å². The van der Waals surface area contributed by atoms with Crippen LogP contribution < -0.4 is 5.66 Å². The van der Waals surface area contributed by atoms with Crippen molar-refractivity contribution in [3.63, 3.8) is 0 Å². The highest BCUT2D eigenvalue weighted by atomic mass is 16.4. The molecule has 111 valence electrons. The molecule has 3 heterocycles. The Morgan fingerprint density at radius 1 is 1.00 bits per heavy atom. The van der Waals surface area contributed by atoms with Crippen molar-refractivity contribution in [2.75, 3.05) is 0 Å². The summed E-state index contributed by atoms with van der Waals surface area (Å²) in [5.74, 6) is 0.806. The van der Waals surface area contributed by atoms with Crippen molar-refractivity contribution in [2.45, 2.75) is 19.3 Å². The lowest BCUT2D eigenvalue weighted by molar-refractivity contribution is 0.527. The first-order valence-corrected chi connectivity index (χ1v) is 7.77. The van der Waals surface area contributed by atoms with Crippen molar-refractivity contribution >= 4 is 34.9 Å². The van der Waals surface area contributed by atoms with Crippen LogP contribution in [0.4, 0.5) is 0 Å². The van der Waals surface area contributed by atoms with Crippen LogP contribution in [-0.2, 0) is 5.41 Å². The number of benzene rings is 2. The number of para-hydroxylation sites is 2. The van der Waals surface area contributed by atoms with Crippen molar-refractivity contribution in [2.24, 2.45) is 0 Å². The van der Waals surface area contributed by atoms with E-state index in [9.17, 15) is 5.02 Å². The Morgan fingerprint density at radius 2 is 1.78 bits per heavy atom. The summed E-state index contributed by atoms with van der Waals surface area (Å²) in [5, 5.41) is 11.9. The van der Waals surface area contributed by atoms with Gasteiger partial charge in [0.1, 0.15) is 0 Å². The third kappa shape index (κ3) is 1.44. The van der Waals surface area contributed by atoms with E-state index < -0.39 is 0 Å². The average Bonchev–Trinajstić information content (AvgIpc) is 3.13. The zero-order valence-corrected chi connectivity index (χ0v) is 13.0. The van der Waals surface area contributed by atoms with Gasteiger partial charge in [0.2, 0.25) is 5.88 Å². The maximum Gasteiger partial charge on any atom is 0.373 e. The smallest absolute Gasteiger partial charge is 0.373 e. The number of hydrogen-bond acceptors (Lipinski definition) is 2. The highest BCUT2D eigenvalue weighted by molar-refractivity contribution is 6.43. The number of fused-ring (bicyclic) bond motifs is 5.